The van der Waals surface area contributed by atoms with Crippen LogP contribution in [0.3, 0.4) is 0 Å². The number of alkyl halides is 3. The molecule has 0 radical (unpaired) electrons. The van der Waals surface area contributed by atoms with Crippen molar-refractivity contribution in [3.8, 4) is 0 Å². The number of benzene rings is 1. The summed E-state index contributed by atoms with van der Waals surface area (Å²) in [7, 11) is 0. The summed E-state index contributed by atoms with van der Waals surface area (Å²) in [6, 6.07) is 10.1. The van der Waals surface area contributed by atoms with E-state index < -0.39 is 23.2 Å². The molecule has 3 unspecified atom stereocenters. The predicted molar refractivity (Wildman–Crippen MR) is 129 cm³/mol. The molecule has 1 aromatic carbocycles. The molecule has 1 aromatic heterocycles. The molecular weight excluding hydrogens is 485 g/mol. The number of likely N-dealkylation sites (tertiary alicyclic amines) is 1. The Kier molecular flexibility index (Phi) is 6.97. The minimum absolute atomic E-state index is 0.0611. The molecule has 2 aliphatic carbocycles. The molecule has 1 aliphatic heterocycles. The third-order valence-corrected chi connectivity index (χ3v) is 8.08. The van der Waals surface area contributed by atoms with Crippen LogP contribution in [0.2, 0.25) is 0 Å². The number of aliphatic hydroxyl groups is 1. The number of amides is 2. The number of pyridine rings is 1. The summed E-state index contributed by atoms with van der Waals surface area (Å²) in [6.07, 6.45) is 1.46. The minimum atomic E-state index is -4.54. The second-order valence-corrected chi connectivity index (χ2v) is 10.6. The zero-order valence-electron chi connectivity index (χ0n) is 20.4. The van der Waals surface area contributed by atoms with Crippen molar-refractivity contribution in [3.63, 3.8) is 0 Å². The van der Waals surface area contributed by atoms with Gasteiger partial charge in [0.2, 0.25) is 5.91 Å². The van der Waals surface area contributed by atoms with E-state index in [0.29, 0.717) is 37.3 Å². The lowest BCUT2D eigenvalue weighted by Crippen LogP contribution is -2.50. The quantitative estimate of drug-likeness (QED) is 0.549. The number of halogens is 3. The van der Waals surface area contributed by atoms with Crippen molar-refractivity contribution in [2.45, 2.75) is 56.0 Å². The fourth-order valence-corrected chi connectivity index (χ4v) is 6.55. The monoisotopic (exact) mass is 516 g/mol. The number of carbonyl (C=O) groups is 2. The molecule has 10 heteroatoms. The zero-order valence-corrected chi connectivity index (χ0v) is 20.4. The Morgan fingerprint density at radius 2 is 1.84 bits per heavy atom. The first kappa shape index (κ1) is 25.7. The molecule has 3 aliphatic rings. The second-order valence-electron chi connectivity index (χ2n) is 10.6. The van der Waals surface area contributed by atoms with Crippen LogP contribution < -0.4 is 10.6 Å². The molecule has 5 rings (SSSR count). The van der Waals surface area contributed by atoms with E-state index in [1.54, 1.807) is 6.20 Å². The molecule has 3 N–H and O–H groups in total. The molecule has 2 bridgehead atoms. The molecule has 3 atom stereocenters. The Labute approximate surface area is 213 Å². The van der Waals surface area contributed by atoms with Gasteiger partial charge in [-0.05, 0) is 74.3 Å². The molecule has 198 valence electrons. The van der Waals surface area contributed by atoms with Crippen LogP contribution in [-0.2, 0) is 16.6 Å². The van der Waals surface area contributed by atoms with Gasteiger partial charge >= 0.3 is 6.18 Å². The summed E-state index contributed by atoms with van der Waals surface area (Å²) < 4.78 is 38.7. The Bertz CT molecular complexity index is 1130. The maximum Gasteiger partial charge on any atom is 0.416 e. The van der Waals surface area contributed by atoms with Gasteiger partial charge in [0.15, 0.2) is 0 Å². The maximum absolute atomic E-state index is 12.9. The summed E-state index contributed by atoms with van der Waals surface area (Å²) >= 11 is 0. The Hall–Kier alpha value is -2.98. The van der Waals surface area contributed by atoms with Crippen LogP contribution in [0.15, 0.2) is 48.7 Å². The lowest BCUT2D eigenvalue weighted by molar-refractivity contribution is -0.137. The van der Waals surface area contributed by atoms with Crippen LogP contribution in [-0.4, -0.2) is 58.5 Å². The van der Waals surface area contributed by atoms with Crippen LogP contribution in [0.1, 0.15) is 53.7 Å². The molecule has 2 heterocycles. The molecule has 7 nitrogen and oxygen atoms in total. The highest BCUT2D eigenvalue weighted by molar-refractivity contribution is 5.96. The lowest BCUT2D eigenvalue weighted by Gasteiger charge is -2.44. The van der Waals surface area contributed by atoms with Gasteiger partial charge in [-0.1, -0.05) is 12.1 Å². The van der Waals surface area contributed by atoms with Gasteiger partial charge in [0.05, 0.1) is 17.8 Å². The third kappa shape index (κ3) is 5.50. The first-order chi connectivity index (χ1) is 17.6. The Morgan fingerprint density at radius 3 is 2.51 bits per heavy atom. The molecule has 3 fully saturated rings. The topological polar surface area (TPSA) is 94.6 Å². The molecule has 2 aromatic rings. The van der Waals surface area contributed by atoms with Crippen LogP contribution in [0, 0.1) is 11.8 Å². The average Bonchev–Trinajstić information content (AvgIpc) is 3.44. The van der Waals surface area contributed by atoms with E-state index in [2.05, 4.69) is 20.5 Å². The van der Waals surface area contributed by atoms with Crippen molar-refractivity contribution < 1.29 is 27.9 Å². The van der Waals surface area contributed by atoms with E-state index in [0.717, 1.165) is 43.6 Å². The Morgan fingerprint density at radius 1 is 1.08 bits per heavy atom. The van der Waals surface area contributed by atoms with Gasteiger partial charge in [-0.15, -0.1) is 0 Å². The van der Waals surface area contributed by atoms with Crippen molar-refractivity contribution in [2.24, 2.45) is 11.8 Å². The van der Waals surface area contributed by atoms with E-state index in [1.807, 2.05) is 18.2 Å². The summed E-state index contributed by atoms with van der Waals surface area (Å²) in [5.74, 6) is -0.365. The number of aromatic nitrogens is 1. The third-order valence-electron chi connectivity index (χ3n) is 8.08. The summed E-state index contributed by atoms with van der Waals surface area (Å²) in [5.41, 5.74) is -1.21. The van der Waals surface area contributed by atoms with Crippen LogP contribution >= 0.6 is 0 Å². The van der Waals surface area contributed by atoms with Gasteiger partial charge in [-0.3, -0.25) is 19.5 Å². The van der Waals surface area contributed by atoms with Gasteiger partial charge < -0.3 is 15.7 Å². The largest absolute Gasteiger partial charge is 0.416 e. The van der Waals surface area contributed by atoms with E-state index >= 15 is 0 Å². The van der Waals surface area contributed by atoms with Crippen LogP contribution in [0.4, 0.5) is 13.2 Å². The first-order valence-electron chi connectivity index (χ1n) is 12.8. The minimum Gasteiger partial charge on any atom is -0.384 e. The zero-order chi connectivity index (χ0) is 26.2. The highest BCUT2D eigenvalue weighted by Crippen LogP contribution is 2.52. The second kappa shape index (κ2) is 10.1. The average molecular weight is 517 g/mol. The molecule has 2 amide bonds. The van der Waals surface area contributed by atoms with E-state index in [-0.39, 0.29) is 24.1 Å². The van der Waals surface area contributed by atoms with E-state index in [1.165, 1.54) is 12.1 Å². The van der Waals surface area contributed by atoms with E-state index in [4.69, 9.17) is 0 Å². The predicted octanol–water partition coefficient (Wildman–Crippen LogP) is 3.10. The van der Waals surface area contributed by atoms with Crippen LogP contribution in [0.5, 0.6) is 0 Å². The Balaban J connectivity index is 1.12. The van der Waals surface area contributed by atoms with Gasteiger partial charge in [0.25, 0.3) is 5.91 Å². The highest BCUT2D eigenvalue weighted by atomic mass is 19.4. The van der Waals surface area contributed by atoms with Crippen molar-refractivity contribution in [2.75, 3.05) is 19.6 Å². The fourth-order valence-electron chi connectivity index (χ4n) is 6.55. The van der Waals surface area contributed by atoms with Gasteiger partial charge in [0.1, 0.15) is 5.60 Å². The number of fused-ring (bicyclic) bond motifs is 2. The van der Waals surface area contributed by atoms with Gasteiger partial charge in [-0.25, -0.2) is 0 Å². The van der Waals surface area contributed by atoms with Crippen molar-refractivity contribution >= 4 is 11.8 Å². The van der Waals surface area contributed by atoms with Crippen LogP contribution in [0.25, 0.3) is 0 Å². The summed E-state index contributed by atoms with van der Waals surface area (Å²) in [4.78, 5) is 31.6. The first-order valence-corrected chi connectivity index (χ1v) is 12.8. The molecule has 37 heavy (non-hydrogen) atoms. The number of hydrogen-bond donors (Lipinski definition) is 3. The number of rotatable bonds is 6. The van der Waals surface area contributed by atoms with Crippen molar-refractivity contribution in [3.05, 3.63) is 65.5 Å². The summed E-state index contributed by atoms with van der Waals surface area (Å²) in [6.45, 7) is 1.24. The maximum atomic E-state index is 12.9. The van der Waals surface area contributed by atoms with Crippen molar-refractivity contribution in [1.82, 2.24) is 20.5 Å². The molecule has 1 saturated heterocycles. The number of nitrogens with one attached hydrogen (secondary N) is 2. The highest BCUT2D eigenvalue weighted by Gasteiger charge is 2.52. The summed E-state index contributed by atoms with van der Waals surface area (Å²) in [5, 5.41) is 16.7. The molecule has 2 saturated carbocycles. The van der Waals surface area contributed by atoms with Gasteiger partial charge in [-0.2, -0.15) is 13.2 Å². The van der Waals surface area contributed by atoms with E-state index in [9.17, 15) is 27.9 Å². The van der Waals surface area contributed by atoms with Gasteiger partial charge in [0, 0.05) is 36.9 Å². The van der Waals surface area contributed by atoms with Crippen molar-refractivity contribution in [1.29, 1.82) is 0 Å². The smallest absolute Gasteiger partial charge is 0.384 e. The standard InChI is InChI=1S/C27H31F3N4O3/c28-27(29,30)20-5-3-4-17(12-20)25(36)32-15-23(35)33-21-9-11-34(16-21)24-18-7-8-19(24)14-26(37,13-18)22-6-1-2-10-31-22/h1-6,10,12,18-19,21,24,37H,7-9,11,13-16H2,(H,32,36)(H,33,35). The fraction of sp³-hybridized carbons (Fsp3) is 0.519. The molecule has 0 spiro atoms. The normalized spacial score (nSPS) is 29.7. The number of nitrogens with zero attached hydrogens (tertiary/aromatic N) is 2. The number of hydrogen-bond acceptors (Lipinski definition) is 5. The SMILES string of the molecule is O=C(CNC(=O)c1cccc(C(F)(F)F)c1)NC1CCN(C2C3CCC2CC(O)(c2ccccn2)C3)C1. The number of carbonyl (C=O) groups excluding carboxylic acids is 2. The lowest BCUT2D eigenvalue weighted by atomic mass is 9.72. The molecular formula is C27H31F3N4O3.